The van der Waals surface area contributed by atoms with Crippen LogP contribution in [0.1, 0.15) is 10.4 Å². The van der Waals surface area contributed by atoms with Crippen LogP contribution in [0.15, 0.2) is 52.3 Å². The number of nitrogens with one attached hydrogen (secondary N) is 3. The van der Waals surface area contributed by atoms with Crippen molar-refractivity contribution in [3.63, 3.8) is 0 Å². The quantitative estimate of drug-likeness (QED) is 0.614. The fourth-order valence-electron chi connectivity index (χ4n) is 2.19. The largest absolute Gasteiger partial charge is 0.497 e. The summed E-state index contributed by atoms with van der Waals surface area (Å²) in [6.07, 6.45) is 0. The molecule has 3 N–H and O–H groups in total. The lowest BCUT2D eigenvalue weighted by Crippen LogP contribution is -2.22. The Kier molecular flexibility index (Phi) is 6.08. The van der Waals surface area contributed by atoms with Gasteiger partial charge >= 0.3 is 0 Å². The van der Waals surface area contributed by atoms with Crippen LogP contribution in [-0.2, 0) is 20.0 Å². The molecule has 9 nitrogen and oxygen atoms in total. The maximum Gasteiger partial charge on any atom is 0.261 e. The molecule has 0 aliphatic carbocycles. The van der Waals surface area contributed by atoms with Gasteiger partial charge in [0.2, 0.25) is 10.0 Å². The first kappa shape index (κ1) is 20.7. The van der Waals surface area contributed by atoms with Crippen LogP contribution >= 0.6 is 0 Å². The SMILES string of the molecule is CNC(=O)c1cc(OC)ccc1NS(=O)(=O)c1cccc(S(=O)(=O)NC)c1. The first-order valence-electron chi connectivity index (χ1n) is 7.61. The normalized spacial score (nSPS) is 11.7. The van der Waals surface area contributed by atoms with Crippen LogP contribution in [0.3, 0.4) is 0 Å². The van der Waals surface area contributed by atoms with Crippen LogP contribution in [0.4, 0.5) is 5.69 Å². The van der Waals surface area contributed by atoms with Crippen molar-refractivity contribution < 1.29 is 26.4 Å². The van der Waals surface area contributed by atoms with Gasteiger partial charge in [0, 0.05) is 7.05 Å². The zero-order chi connectivity index (χ0) is 20.2. The molecule has 0 aliphatic rings. The second kappa shape index (κ2) is 7.94. The standard InChI is InChI=1S/C16H19N3O6S2/c1-17-16(20)14-9-11(25-3)7-8-15(14)19-27(23,24)13-6-4-5-12(10-13)26(21,22)18-2/h4-10,18-19H,1-3H3,(H,17,20). The van der Waals surface area contributed by atoms with Gasteiger partial charge in [-0.05, 0) is 43.4 Å². The highest BCUT2D eigenvalue weighted by molar-refractivity contribution is 7.93. The van der Waals surface area contributed by atoms with Crippen molar-refractivity contribution >= 4 is 31.6 Å². The Hall–Kier alpha value is -2.63. The Labute approximate surface area is 157 Å². The molecule has 2 aromatic rings. The average molecular weight is 413 g/mol. The molecule has 27 heavy (non-hydrogen) atoms. The predicted molar refractivity (Wildman–Crippen MR) is 99.9 cm³/mol. The van der Waals surface area contributed by atoms with Gasteiger partial charge in [0.25, 0.3) is 15.9 Å². The molecular weight excluding hydrogens is 394 g/mol. The molecule has 0 atom stereocenters. The van der Waals surface area contributed by atoms with Crippen LogP contribution in [-0.4, -0.2) is 43.9 Å². The van der Waals surface area contributed by atoms with Crippen molar-refractivity contribution in [2.75, 3.05) is 25.9 Å². The Morgan fingerprint density at radius 1 is 0.926 bits per heavy atom. The van der Waals surface area contributed by atoms with Gasteiger partial charge in [0.15, 0.2) is 0 Å². The third-order valence-corrected chi connectivity index (χ3v) is 6.41. The highest BCUT2D eigenvalue weighted by Gasteiger charge is 2.21. The number of anilines is 1. The molecule has 0 radical (unpaired) electrons. The zero-order valence-electron chi connectivity index (χ0n) is 14.8. The number of sulfonamides is 2. The zero-order valence-corrected chi connectivity index (χ0v) is 16.4. The minimum Gasteiger partial charge on any atom is -0.497 e. The summed E-state index contributed by atoms with van der Waals surface area (Å²) < 4.78 is 58.7. The lowest BCUT2D eigenvalue weighted by Gasteiger charge is -2.14. The molecule has 0 saturated heterocycles. The molecular formula is C16H19N3O6S2. The second-order valence-corrected chi connectivity index (χ2v) is 8.85. The molecule has 2 aromatic carbocycles. The van der Waals surface area contributed by atoms with Crippen LogP contribution in [0.2, 0.25) is 0 Å². The molecule has 0 aromatic heterocycles. The first-order valence-corrected chi connectivity index (χ1v) is 10.6. The smallest absolute Gasteiger partial charge is 0.261 e. The number of amides is 1. The third kappa shape index (κ3) is 4.56. The maximum atomic E-state index is 12.7. The minimum atomic E-state index is -4.15. The molecule has 0 unspecified atom stereocenters. The van der Waals surface area contributed by atoms with Gasteiger partial charge in [-0.1, -0.05) is 6.07 Å². The van der Waals surface area contributed by atoms with Gasteiger partial charge < -0.3 is 10.1 Å². The summed E-state index contributed by atoms with van der Waals surface area (Å²) in [4.78, 5) is 11.6. The van der Waals surface area contributed by atoms with E-state index in [2.05, 4.69) is 14.8 Å². The Balaban J connectivity index is 2.49. The van der Waals surface area contributed by atoms with Crippen LogP contribution in [0.5, 0.6) is 5.75 Å². The first-order chi connectivity index (χ1) is 12.6. The number of ether oxygens (including phenoxy) is 1. The predicted octanol–water partition coefficient (Wildman–Crippen LogP) is 0.764. The van der Waals surface area contributed by atoms with E-state index in [0.717, 1.165) is 6.07 Å². The lowest BCUT2D eigenvalue weighted by molar-refractivity contribution is 0.0963. The van der Waals surface area contributed by atoms with E-state index in [0.29, 0.717) is 5.75 Å². The molecule has 146 valence electrons. The molecule has 0 bridgehead atoms. The monoisotopic (exact) mass is 413 g/mol. The minimum absolute atomic E-state index is 0.0250. The molecule has 0 aliphatic heterocycles. The van der Waals surface area contributed by atoms with Gasteiger partial charge in [0.1, 0.15) is 5.75 Å². The van der Waals surface area contributed by atoms with Crippen LogP contribution < -0.4 is 19.5 Å². The Morgan fingerprint density at radius 3 is 2.11 bits per heavy atom. The van der Waals surface area contributed by atoms with Crippen molar-refractivity contribution in [3.05, 3.63) is 48.0 Å². The van der Waals surface area contributed by atoms with E-state index in [1.54, 1.807) is 0 Å². The number of hydrogen-bond donors (Lipinski definition) is 3. The number of rotatable bonds is 7. The molecule has 0 spiro atoms. The summed E-state index contributed by atoms with van der Waals surface area (Å²) in [7, 11) is -3.91. The molecule has 2 rings (SSSR count). The Morgan fingerprint density at radius 2 is 1.56 bits per heavy atom. The van der Waals surface area contributed by atoms with Gasteiger partial charge in [-0.15, -0.1) is 0 Å². The van der Waals surface area contributed by atoms with Gasteiger partial charge in [-0.25, -0.2) is 21.6 Å². The maximum absolute atomic E-state index is 12.7. The average Bonchev–Trinajstić information content (AvgIpc) is 2.67. The van der Waals surface area contributed by atoms with E-state index >= 15 is 0 Å². The van der Waals surface area contributed by atoms with Crippen molar-refractivity contribution in [3.8, 4) is 5.75 Å². The molecule has 1 amide bonds. The highest BCUT2D eigenvalue weighted by Crippen LogP contribution is 2.25. The van der Waals surface area contributed by atoms with Crippen LogP contribution in [0.25, 0.3) is 0 Å². The molecule has 0 heterocycles. The lowest BCUT2D eigenvalue weighted by atomic mass is 10.1. The summed E-state index contributed by atoms with van der Waals surface area (Å²) in [5.74, 6) is -0.142. The summed E-state index contributed by atoms with van der Waals surface area (Å²) in [6.45, 7) is 0. The van der Waals surface area contributed by atoms with Gasteiger partial charge in [-0.2, -0.15) is 0 Å². The third-order valence-electron chi connectivity index (χ3n) is 3.64. The van der Waals surface area contributed by atoms with Gasteiger partial charge in [0.05, 0.1) is 28.2 Å². The van der Waals surface area contributed by atoms with Crippen molar-refractivity contribution in [2.24, 2.45) is 0 Å². The fraction of sp³-hybridized carbons (Fsp3) is 0.188. The number of methoxy groups -OCH3 is 1. The van der Waals surface area contributed by atoms with E-state index in [-0.39, 0.29) is 21.0 Å². The van der Waals surface area contributed by atoms with Crippen molar-refractivity contribution in [1.29, 1.82) is 0 Å². The summed E-state index contributed by atoms with van der Waals surface area (Å²) in [6, 6.07) is 9.12. The Bertz CT molecular complexity index is 1070. The van der Waals surface area contributed by atoms with E-state index in [9.17, 15) is 21.6 Å². The van der Waals surface area contributed by atoms with E-state index < -0.39 is 26.0 Å². The van der Waals surface area contributed by atoms with E-state index in [4.69, 9.17) is 4.74 Å². The molecule has 0 saturated carbocycles. The summed E-state index contributed by atoms with van der Waals surface area (Å²) in [5, 5.41) is 2.42. The second-order valence-electron chi connectivity index (χ2n) is 5.28. The number of carbonyl (C=O) groups excluding carboxylic acids is 1. The van der Waals surface area contributed by atoms with Gasteiger partial charge in [-0.3, -0.25) is 9.52 Å². The number of benzene rings is 2. The van der Waals surface area contributed by atoms with Crippen LogP contribution in [0, 0.1) is 0 Å². The number of carbonyl (C=O) groups is 1. The molecule has 0 fully saturated rings. The van der Waals surface area contributed by atoms with E-state index in [1.807, 2.05) is 0 Å². The topological polar surface area (TPSA) is 131 Å². The van der Waals surface area contributed by atoms with Crippen molar-refractivity contribution in [2.45, 2.75) is 9.79 Å². The fourth-order valence-corrected chi connectivity index (χ4v) is 4.17. The summed E-state index contributed by atoms with van der Waals surface area (Å²) in [5.41, 5.74) is 0.0800. The molecule has 11 heteroatoms. The van der Waals surface area contributed by atoms with E-state index in [1.165, 1.54) is 57.6 Å². The highest BCUT2D eigenvalue weighted by atomic mass is 32.2. The summed E-state index contributed by atoms with van der Waals surface area (Å²) >= 11 is 0. The number of hydrogen-bond acceptors (Lipinski definition) is 6. The van der Waals surface area contributed by atoms with Crippen molar-refractivity contribution in [1.82, 2.24) is 10.0 Å².